The van der Waals surface area contributed by atoms with Crippen molar-refractivity contribution in [2.75, 3.05) is 0 Å². The molecule has 6 aromatic rings. The number of benzene rings is 4. The highest BCUT2D eigenvalue weighted by Gasteiger charge is 2.10. The molecule has 0 aliphatic carbocycles. The van der Waals surface area contributed by atoms with Crippen LogP contribution in [0.25, 0.3) is 55.6 Å². The van der Waals surface area contributed by atoms with Crippen LogP contribution >= 0.6 is 15.9 Å². The van der Waals surface area contributed by atoms with Gasteiger partial charge in [0.2, 0.25) is 0 Å². The maximum atomic E-state index is 4.50. The first-order valence-corrected chi connectivity index (χ1v) is 13.4. The van der Waals surface area contributed by atoms with Gasteiger partial charge >= 0.3 is 0 Å². The quantitative estimate of drug-likeness (QED) is 0.212. The van der Waals surface area contributed by atoms with Gasteiger partial charge in [0.1, 0.15) is 0 Å². The van der Waals surface area contributed by atoms with Crippen LogP contribution in [0.2, 0.25) is 0 Å². The Balaban J connectivity index is 1.50. The second kappa shape index (κ2) is 10.6. The number of aryl methyl sites for hydroxylation is 1. The van der Waals surface area contributed by atoms with Crippen molar-refractivity contribution in [2.45, 2.75) is 6.92 Å². The van der Waals surface area contributed by atoms with Crippen LogP contribution in [-0.2, 0) is 0 Å². The van der Waals surface area contributed by atoms with E-state index in [1.165, 1.54) is 33.4 Å². The number of aromatic nitrogens is 2. The molecule has 3 heteroatoms. The van der Waals surface area contributed by atoms with E-state index in [4.69, 9.17) is 0 Å². The highest BCUT2D eigenvalue weighted by molar-refractivity contribution is 9.10. The SMILES string of the molecule is Cc1ccc(-c2cccc(-c3cc(-c4cccc(Br)c4)cc(-c4cccc(-c5cccnc5)c4)c3)c2)cn1. The van der Waals surface area contributed by atoms with Gasteiger partial charge in [-0.1, -0.05) is 76.6 Å². The van der Waals surface area contributed by atoms with Gasteiger partial charge in [-0.05, 0) is 106 Å². The van der Waals surface area contributed by atoms with E-state index in [1.807, 2.05) is 31.6 Å². The summed E-state index contributed by atoms with van der Waals surface area (Å²) in [5.41, 5.74) is 12.6. The molecule has 0 amide bonds. The first-order valence-electron chi connectivity index (χ1n) is 12.6. The zero-order valence-corrected chi connectivity index (χ0v) is 22.6. The van der Waals surface area contributed by atoms with E-state index in [2.05, 4.69) is 135 Å². The third-order valence-electron chi connectivity index (χ3n) is 6.72. The average Bonchev–Trinajstić information content (AvgIpc) is 2.98. The van der Waals surface area contributed by atoms with Crippen molar-refractivity contribution in [3.63, 3.8) is 0 Å². The fourth-order valence-electron chi connectivity index (χ4n) is 4.72. The summed E-state index contributed by atoms with van der Waals surface area (Å²) < 4.78 is 1.06. The molecular weight excluding hydrogens is 528 g/mol. The zero-order valence-electron chi connectivity index (χ0n) is 21.0. The predicted octanol–water partition coefficient (Wildman–Crippen LogP) is 9.88. The Labute approximate surface area is 231 Å². The fourth-order valence-corrected chi connectivity index (χ4v) is 5.12. The molecule has 38 heavy (non-hydrogen) atoms. The molecule has 6 rings (SSSR count). The molecular formula is C35H25BrN2. The molecule has 0 N–H and O–H groups in total. The molecule has 2 nitrogen and oxygen atoms in total. The number of rotatable bonds is 5. The van der Waals surface area contributed by atoms with Gasteiger partial charge in [-0.3, -0.25) is 9.97 Å². The summed E-state index contributed by atoms with van der Waals surface area (Å²) in [7, 11) is 0. The van der Waals surface area contributed by atoms with Crippen LogP contribution in [0.1, 0.15) is 5.69 Å². The molecule has 2 heterocycles. The van der Waals surface area contributed by atoms with E-state index in [1.54, 1.807) is 0 Å². The number of hydrogen-bond acceptors (Lipinski definition) is 2. The molecule has 2 aromatic heterocycles. The summed E-state index contributed by atoms with van der Waals surface area (Å²) in [6, 6.07) is 41.0. The van der Waals surface area contributed by atoms with Crippen LogP contribution in [-0.4, -0.2) is 9.97 Å². The summed E-state index contributed by atoms with van der Waals surface area (Å²) in [6.45, 7) is 2.01. The minimum atomic E-state index is 1.02. The Hall–Kier alpha value is -4.34. The van der Waals surface area contributed by atoms with Gasteiger partial charge in [-0.15, -0.1) is 0 Å². The largest absolute Gasteiger partial charge is 0.264 e. The number of nitrogens with zero attached hydrogens (tertiary/aromatic N) is 2. The Morgan fingerprint density at radius 1 is 0.447 bits per heavy atom. The van der Waals surface area contributed by atoms with Gasteiger partial charge in [-0.25, -0.2) is 0 Å². The first-order chi connectivity index (χ1) is 18.6. The molecule has 0 bridgehead atoms. The molecule has 0 spiro atoms. The van der Waals surface area contributed by atoms with E-state index >= 15 is 0 Å². The smallest absolute Gasteiger partial charge is 0.0373 e. The van der Waals surface area contributed by atoms with Crippen LogP contribution < -0.4 is 0 Å². The van der Waals surface area contributed by atoms with Gasteiger partial charge in [0.15, 0.2) is 0 Å². The summed E-state index contributed by atoms with van der Waals surface area (Å²) in [5.74, 6) is 0. The lowest BCUT2D eigenvalue weighted by molar-refractivity contribution is 1.20. The van der Waals surface area contributed by atoms with E-state index in [9.17, 15) is 0 Å². The standard InChI is InChI=1S/C35H25BrN2/c1-24-13-14-31(23-38-24)26-7-3-9-28(17-26)33-18-32(19-34(20-33)29-10-4-12-35(36)21-29)27-8-2-6-25(16-27)30-11-5-15-37-22-30/h2-23H,1H3. The summed E-state index contributed by atoms with van der Waals surface area (Å²) in [4.78, 5) is 8.81. The Kier molecular flexibility index (Phi) is 6.68. The number of hydrogen-bond donors (Lipinski definition) is 0. The summed E-state index contributed by atoms with van der Waals surface area (Å²) >= 11 is 3.65. The van der Waals surface area contributed by atoms with Crippen molar-refractivity contribution in [1.29, 1.82) is 0 Å². The van der Waals surface area contributed by atoms with Crippen molar-refractivity contribution >= 4 is 15.9 Å². The van der Waals surface area contributed by atoms with E-state index < -0.39 is 0 Å². The topological polar surface area (TPSA) is 25.8 Å². The van der Waals surface area contributed by atoms with Crippen LogP contribution in [0, 0.1) is 6.92 Å². The van der Waals surface area contributed by atoms with Crippen molar-refractivity contribution in [3.05, 3.63) is 144 Å². The predicted molar refractivity (Wildman–Crippen MR) is 162 cm³/mol. The van der Waals surface area contributed by atoms with Crippen molar-refractivity contribution in [3.8, 4) is 55.6 Å². The number of pyridine rings is 2. The van der Waals surface area contributed by atoms with Crippen molar-refractivity contribution < 1.29 is 0 Å². The molecule has 0 radical (unpaired) electrons. The van der Waals surface area contributed by atoms with Crippen LogP contribution in [0.3, 0.4) is 0 Å². The fraction of sp³-hybridized carbons (Fsp3) is 0.0286. The van der Waals surface area contributed by atoms with Crippen LogP contribution in [0.5, 0.6) is 0 Å². The third-order valence-corrected chi connectivity index (χ3v) is 7.22. The molecule has 4 aromatic carbocycles. The second-order valence-corrected chi connectivity index (χ2v) is 10.3. The van der Waals surface area contributed by atoms with Crippen molar-refractivity contribution in [1.82, 2.24) is 9.97 Å². The lowest BCUT2D eigenvalue weighted by atomic mass is 9.91. The lowest BCUT2D eigenvalue weighted by Gasteiger charge is -2.13. The lowest BCUT2D eigenvalue weighted by Crippen LogP contribution is -1.88. The average molecular weight is 554 g/mol. The summed E-state index contributed by atoms with van der Waals surface area (Å²) in [6.07, 6.45) is 5.66. The monoisotopic (exact) mass is 552 g/mol. The molecule has 0 aliphatic rings. The minimum absolute atomic E-state index is 1.02. The molecule has 0 atom stereocenters. The van der Waals surface area contributed by atoms with Gasteiger partial charge in [-0.2, -0.15) is 0 Å². The maximum Gasteiger partial charge on any atom is 0.0373 e. The van der Waals surface area contributed by atoms with E-state index in [0.29, 0.717) is 0 Å². The van der Waals surface area contributed by atoms with Gasteiger partial charge in [0.05, 0.1) is 0 Å². The zero-order chi connectivity index (χ0) is 25.9. The molecule has 0 fully saturated rings. The Bertz CT molecular complexity index is 1720. The molecule has 0 aliphatic heterocycles. The molecule has 0 saturated heterocycles. The van der Waals surface area contributed by atoms with E-state index in [0.717, 1.165) is 32.4 Å². The van der Waals surface area contributed by atoms with Gasteiger partial charge < -0.3 is 0 Å². The van der Waals surface area contributed by atoms with E-state index in [-0.39, 0.29) is 0 Å². The van der Waals surface area contributed by atoms with Crippen LogP contribution in [0.15, 0.2) is 138 Å². The summed E-state index contributed by atoms with van der Waals surface area (Å²) in [5, 5.41) is 0. The molecule has 0 unspecified atom stereocenters. The molecule has 182 valence electrons. The first kappa shape index (κ1) is 24.0. The Morgan fingerprint density at radius 3 is 1.42 bits per heavy atom. The minimum Gasteiger partial charge on any atom is -0.264 e. The van der Waals surface area contributed by atoms with Gasteiger partial charge in [0.25, 0.3) is 0 Å². The molecule has 0 saturated carbocycles. The third kappa shape index (κ3) is 5.20. The van der Waals surface area contributed by atoms with Crippen LogP contribution in [0.4, 0.5) is 0 Å². The maximum absolute atomic E-state index is 4.50. The highest BCUT2D eigenvalue weighted by atomic mass is 79.9. The van der Waals surface area contributed by atoms with Crippen molar-refractivity contribution in [2.24, 2.45) is 0 Å². The number of halogens is 1. The normalized spacial score (nSPS) is 10.9. The highest BCUT2D eigenvalue weighted by Crippen LogP contribution is 2.36. The van der Waals surface area contributed by atoms with Gasteiger partial charge in [0, 0.05) is 39.9 Å². The Morgan fingerprint density at radius 2 is 0.921 bits per heavy atom. The second-order valence-electron chi connectivity index (χ2n) is 9.40.